The van der Waals surface area contributed by atoms with Crippen LogP contribution >= 0.6 is 0 Å². The fourth-order valence-corrected chi connectivity index (χ4v) is 2.15. The third kappa shape index (κ3) is 6.14. The van der Waals surface area contributed by atoms with E-state index in [9.17, 15) is 9.59 Å². The molecule has 2 aromatic carbocycles. The Labute approximate surface area is 147 Å². The largest absolute Gasteiger partial charge is 0.497 e. The van der Waals surface area contributed by atoms with Crippen molar-refractivity contribution in [2.75, 3.05) is 7.11 Å². The number of nitrogens with one attached hydrogen (secondary N) is 2. The molecule has 0 aliphatic rings. The molecule has 2 rings (SSSR count). The number of carbonyl (C=O) groups excluding carboxylic acids is 2. The van der Waals surface area contributed by atoms with Crippen LogP contribution in [0.25, 0.3) is 6.08 Å². The number of ether oxygens (including phenoxy) is 1. The van der Waals surface area contributed by atoms with Gasteiger partial charge in [-0.15, -0.1) is 0 Å². The van der Waals surface area contributed by atoms with Crippen LogP contribution in [0.1, 0.15) is 18.1 Å². The summed E-state index contributed by atoms with van der Waals surface area (Å²) in [6.45, 7) is 2.04. The average molecular weight is 338 g/mol. The van der Waals surface area contributed by atoms with Crippen molar-refractivity contribution < 1.29 is 14.3 Å². The van der Waals surface area contributed by atoms with Gasteiger partial charge >= 0.3 is 0 Å². The quantitative estimate of drug-likeness (QED) is 0.763. The predicted octanol–water partition coefficient (Wildman–Crippen LogP) is 2.53. The standard InChI is InChI=1S/C20H22N2O3/c1-15(22-19(23)13-10-16-6-4-3-5-7-16)20(24)21-14-17-8-11-18(25-2)12-9-17/h3-13,15H,14H2,1-2H3,(H,21,24)(H,22,23)/b13-10+. The predicted molar refractivity (Wildman–Crippen MR) is 97.9 cm³/mol. The SMILES string of the molecule is COc1ccc(CNC(=O)C(C)NC(=O)/C=C/c2ccccc2)cc1. The minimum atomic E-state index is -0.619. The highest BCUT2D eigenvalue weighted by atomic mass is 16.5. The Morgan fingerprint density at radius 3 is 2.40 bits per heavy atom. The lowest BCUT2D eigenvalue weighted by Gasteiger charge is -2.13. The van der Waals surface area contributed by atoms with Gasteiger partial charge in [-0.25, -0.2) is 0 Å². The molecule has 0 aliphatic heterocycles. The molecule has 130 valence electrons. The molecule has 0 saturated carbocycles. The third-order valence-corrected chi connectivity index (χ3v) is 3.60. The normalized spacial score (nSPS) is 11.8. The summed E-state index contributed by atoms with van der Waals surface area (Å²) >= 11 is 0. The van der Waals surface area contributed by atoms with Gasteiger partial charge in [0.05, 0.1) is 7.11 Å². The van der Waals surface area contributed by atoms with E-state index in [2.05, 4.69) is 10.6 Å². The molecule has 0 fully saturated rings. The molecule has 0 saturated heterocycles. The molecule has 5 nitrogen and oxygen atoms in total. The van der Waals surface area contributed by atoms with Gasteiger partial charge in [0.15, 0.2) is 0 Å². The van der Waals surface area contributed by atoms with E-state index in [1.165, 1.54) is 6.08 Å². The molecule has 5 heteroatoms. The number of amides is 2. The Hall–Kier alpha value is -3.08. The molecule has 1 atom stereocenters. The van der Waals surface area contributed by atoms with Crippen LogP contribution in [-0.4, -0.2) is 25.0 Å². The first-order chi connectivity index (χ1) is 12.1. The Balaban J connectivity index is 1.78. The number of hydrogen-bond donors (Lipinski definition) is 2. The van der Waals surface area contributed by atoms with Gasteiger partial charge in [0.2, 0.25) is 11.8 Å². The van der Waals surface area contributed by atoms with Gasteiger partial charge in [-0.1, -0.05) is 42.5 Å². The van der Waals surface area contributed by atoms with Gasteiger partial charge in [0, 0.05) is 12.6 Å². The topological polar surface area (TPSA) is 67.4 Å². The third-order valence-electron chi connectivity index (χ3n) is 3.60. The van der Waals surface area contributed by atoms with Crippen LogP contribution in [0, 0.1) is 0 Å². The summed E-state index contributed by atoms with van der Waals surface area (Å²) < 4.78 is 5.09. The smallest absolute Gasteiger partial charge is 0.244 e. The molecule has 2 N–H and O–H groups in total. The number of methoxy groups -OCH3 is 1. The molecular formula is C20H22N2O3. The number of carbonyl (C=O) groups is 2. The van der Waals surface area contributed by atoms with Gasteiger partial charge in [-0.2, -0.15) is 0 Å². The second kappa shape index (κ2) is 9.27. The van der Waals surface area contributed by atoms with E-state index in [1.54, 1.807) is 20.1 Å². The van der Waals surface area contributed by atoms with Gasteiger partial charge in [-0.05, 0) is 36.3 Å². The minimum Gasteiger partial charge on any atom is -0.497 e. The molecule has 1 unspecified atom stereocenters. The van der Waals surface area contributed by atoms with Crippen molar-refractivity contribution in [3.63, 3.8) is 0 Å². The van der Waals surface area contributed by atoms with Crippen molar-refractivity contribution in [3.8, 4) is 5.75 Å². The van der Waals surface area contributed by atoms with E-state index < -0.39 is 6.04 Å². The van der Waals surface area contributed by atoms with Crippen LogP contribution in [0.2, 0.25) is 0 Å². The zero-order valence-corrected chi connectivity index (χ0v) is 14.4. The van der Waals surface area contributed by atoms with Crippen LogP contribution in [0.15, 0.2) is 60.7 Å². The molecular weight excluding hydrogens is 316 g/mol. The summed E-state index contributed by atoms with van der Waals surface area (Å²) in [5, 5.41) is 5.44. The maximum absolute atomic E-state index is 12.1. The first-order valence-electron chi connectivity index (χ1n) is 8.03. The zero-order valence-electron chi connectivity index (χ0n) is 14.4. The maximum Gasteiger partial charge on any atom is 0.244 e. The fourth-order valence-electron chi connectivity index (χ4n) is 2.15. The highest BCUT2D eigenvalue weighted by Gasteiger charge is 2.13. The molecule has 0 heterocycles. The lowest BCUT2D eigenvalue weighted by molar-refractivity contribution is -0.126. The molecule has 0 bridgehead atoms. The average Bonchev–Trinajstić information content (AvgIpc) is 2.65. The minimum absolute atomic E-state index is 0.239. The van der Waals surface area contributed by atoms with Crippen LogP contribution in [0.5, 0.6) is 5.75 Å². The second-order valence-corrected chi connectivity index (χ2v) is 5.54. The van der Waals surface area contributed by atoms with Crippen molar-refractivity contribution in [1.82, 2.24) is 10.6 Å². The van der Waals surface area contributed by atoms with Gasteiger partial charge < -0.3 is 15.4 Å². The number of hydrogen-bond acceptors (Lipinski definition) is 3. The summed E-state index contributed by atoms with van der Waals surface area (Å²) in [5.41, 5.74) is 1.88. The Morgan fingerprint density at radius 1 is 1.08 bits per heavy atom. The molecule has 2 amide bonds. The van der Waals surface area contributed by atoms with Crippen LogP contribution < -0.4 is 15.4 Å². The van der Waals surface area contributed by atoms with Crippen LogP contribution in [0.4, 0.5) is 0 Å². The summed E-state index contributed by atoms with van der Waals surface area (Å²) in [6.07, 6.45) is 3.12. The van der Waals surface area contributed by atoms with Crippen molar-refractivity contribution in [2.45, 2.75) is 19.5 Å². The van der Waals surface area contributed by atoms with E-state index in [-0.39, 0.29) is 11.8 Å². The van der Waals surface area contributed by atoms with E-state index in [0.29, 0.717) is 6.54 Å². The molecule has 0 aromatic heterocycles. The monoisotopic (exact) mass is 338 g/mol. The molecule has 2 aromatic rings. The van der Waals surface area contributed by atoms with Crippen molar-refractivity contribution in [2.24, 2.45) is 0 Å². The van der Waals surface area contributed by atoms with Crippen molar-refractivity contribution >= 4 is 17.9 Å². The van der Waals surface area contributed by atoms with Crippen molar-refractivity contribution in [1.29, 1.82) is 0 Å². The summed E-state index contributed by atoms with van der Waals surface area (Å²) in [4.78, 5) is 24.0. The number of rotatable bonds is 7. The Bertz CT molecular complexity index is 724. The van der Waals surface area contributed by atoms with Gasteiger partial charge in [0.1, 0.15) is 11.8 Å². The van der Waals surface area contributed by atoms with E-state index >= 15 is 0 Å². The van der Waals surface area contributed by atoms with E-state index in [4.69, 9.17) is 4.74 Å². The molecule has 25 heavy (non-hydrogen) atoms. The lowest BCUT2D eigenvalue weighted by Crippen LogP contribution is -2.44. The first kappa shape index (κ1) is 18.3. The summed E-state index contributed by atoms with van der Waals surface area (Å²) in [5.74, 6) is 0.217. The zero-order chi connectivity index (χ0) is 18.1. The highest BCUT2D eigenvalue weighted by molar-refractivity contribution is 5.95. The summed E-state index contributed by atoms with van der Waals surface area (Å²) in [6, 6.07) is 16.3. The highest BCUT2D eigenvalue weighted by Crippen LogP contribution is 2.10. The Kier molecular flexibility index (Phi) is 6.77. The van der Waals surface area contributed by atoms with Crippen LogP contribution in [0.3, 0.4) is 0 Å². The lowest BCUT2D eigenvalue weighted by atomic mass is 10.2. The molecule has 0 aliphatic carbocycles. The van der Waals surface area contributed by atoms with E-state index in [1.807, 2.05) is 54.6 Å². The fraction of sp³-hybridized carbons (Fsp3) is 0.200. The van der Waals surface area contributed by atoms with Crippen molar-refractivity contribution in [3.05, 3.63) is 71.8 Å². The van der Waals surface area contributed by atoms with Gasteiger partial charge in [0.25, 0.3) is 0 Å². The van der Waals surface area contributed by atoms with Gasteiger partial charge in [-0.3, -0.25) is 9.59 Å². The molecule has 0 radical (unpaired) electrons. The Morgan fingerprint density at radius 2 is 1.76 bits per heavy atom. The second-order valence-electron chi connectivity index (χ2n) is 5.54. The number of benzene rings is 2. The van der Waals surface area contributed by atoms with E-state index in [0.717, 1.165) is 16.9 Å². The van der Waals surface area contributed by atoms with Crippen LogP contribution in [-0.2, 0) is 16.1 Å². The summed E-state index contributed by atoms with van der Waals surface area (Å²) in [7, 11) is 1.60. The first-order valence-corrected chi connectivity index (χ1v) is 8.03. The maximum atomic E-state index is 12.1. The molecule has 0 spiro atoms.